The molecule has 0 fully saturated rings. The van der Waals surface area contributed by atoms with Crippen molar-refractivity contribution in [2.24, 2.45) is 5.41 Å². The molecule has 1 amide bonds. The average Bonchev–Trinajstić information content (AvgIpc) is 2.78. The van der Waals surface area contributed by atoms with E-state index >= 15 is 0 Å². The zero-order valence-corrected chi connectivity index (χ0v) is 13.2. The van der Waals surface area contributed by atoms with E-state index in [-0.39, 0.29) is 12.1 Å². The van der Waals surface area contributed by atoms with Gasteiger partial charge in [0.25, 0.3) is 0 Å². The van der Waals surface area contributed by atoms with Gasteiger partial charge in [0.05, 0.1) is 0 Å². The van der Waals surface area contributed by atoms with Crippen molar-refractivity contribution in [2.45, 2.75) is 33.2 Å². The van der Waals surface area contributed by atoms with Gasteiger partial charge in [-0.3, -0.25) is 0 Å². The third kappa shape index (κ3) is 4.06. The highest BCUT2D eigenvalue weighted by Gasteiger charge is 2.28. The van der Waals surface area contributed by atoms with E-state index in [1.807, 2.05) is 20.8 Å². The third-order valence-electron chi connectivity index (χ3n) is 3.64. The lowest BCUT2D eigenvalue weighted by Crippen LogP contribution is -2.44. The number of carbonyl (C=O) groups is 1. The summed E-state index contributed by atoms with van der Waals surface area (Å²) in [4.78, 5) is 14.5. The van der Waals surface area contributed by atoms with E-state index in [2.05, 4.69) is 10.3 Å². The molecular weight excluding hydrogens is 304 g/mol. The molecule has 0 saturated carbocycles. The summed E-state index contributed by atoms with van der Waals surface area (Å²) in [5, 5.41) is 11.4. The van der Waals surface area contributed by atoms with E-state index in [1.165, 1.54) is 23.0 Å². The summed E-state index contributed by atoms with van der Waals surface area (Å²) in [6.07, 6.45) is 2.93. The monoisotopic (exact) mass is 323 g/mol. The molecule has 0 saturated heterocycles. The molecule has 0 aliphatic heterocycles. The van der Waals surface area contributed by atoms with Crippen molar-refractivity contribution in [1.82, 2.24) is 14.9 Å². The van der Waals surface area contributed by atoms with Gasteiger partial charge in [-0.15, -0.1) is 0 Å². The zero-order chi connectivity index (χ0) is 17.2. The Labute approximate surface area is 133 Å². The van der Waals surface area contributed by atoms with Gasteiger partial charge in [0.2, 0.25) is 5.95 Å². The molecule has 1 atom stereocenters. The number of aromatic nitrogens is 2. The van der Waals surface area contributed by atoms with Crippen molar-refractivity contribution in [3.8, 4) is 5.69 Å². The lowest BCUT2D eigenvalue weighted by molar-refractivity contribution is 0.174. The molecule has 0 aliphatic rings. The molecule has 7 heteroatoms. The maximum Gasteiger partial charge on any atom is 0.404 e. The Hall–Kier alpha value is -2.44. The molecule has 124 valence electrons. The van der Waals surface area contributed by atoms with Crippen LogP contribution in [0.25, 0.3) is 5.69 Å². The van der Waals surface area contributed by atoms with Gasteiger partial charge in [0.1, 0.15) is 11.5 Å². The normalized spacial score (nSPS) is 12.9. The van der Waals surface area contributed by atoms with E-state index in [4.69, 9.17) is 5.11 Å². The lowest BCUT2D eigenvalue weighted by Gasteiger charge is -2.30. The van der Waals surface area contributed by atoms with Gasteiger partial charge in [0, 0.05) is 30.2 Å². The van der Waals surface area contributed by atoms with Gasteiger partial charge in [-0.25, -0.2) is 14.2 Å². The van der Waals surface area contributed by atoms with Crippen LogP contribution in [0.5, 0.6) is 0 Å². The van der Waals surface area contributed by atoms with Gasteiger partial charge >= 0.3 is 6.09 Å². The van der Waals surface area contributed by atoms with Crippen LogP contribution in [0.3, 0.4) is 0 Å². The second-order valence-corrected chi connectivity index (χ2v) is 6.42. The summed E-state index contributed by atoms with van der Waals surface area (Å²) in [5.74, 6) is -1.22. The molecule has 0 aromatic carbocycles. The largest absolute Gasteiger partial charge is 0.465 e. The Bertz CT molecular complexity index is 708. The van der Waals surface area contributed by atoms with E-state index in [0.717, 1.165) is 6.20 Å². The summed E-state index contributed by atoms with van der Waals surface area (Å²) in [7, 11) is 0. The number of nitrogens with one attached hydrogen (secondary N) is 1. The summed E-state index contributed by atoms with van der Waals surface area (Å²) < 4.78 is 29.2. The molecule has 2 heterocycles. The lowest BCUT2D eigenvalue weighted by atomic mass is 9.83. The number of amides is 1. The molecular formula is C16H19F2N3O2. The van der Waals surface area contributed by atoms with E-state index < -0.39 is 29.3 Å². The second-order valence-electron chi connectivity index (χ2n) is 6.42. The minimum absolute atomic E-state index is 0.135. The molecule has 1 unspecified atom stereocenters. The molecule has 2 aromatic heterocycles. The van der Waals surface area contributed by atoms with Crippen LogP contribution in [0.2, 0.25) is 0 Å². The number of halogens is 2. The van der Waals surface area contributed by atoms with Gasteiger partial charge < -0.3 is 15.0 Å². The Morgan fingerprint density at radius 3 is 2.65 bits per heavy atom. The van der Waals surface area contributed by atoms with Gasteiger partial charge in [-0.2, -0.15) is 4.39 Å². The fourth-order valence-corrected chi connectivity index (χ4v) is 2.27. The zero-order valence-electron chi connectivity index (χ0n) is 13.2. The summed E-state index contributed by atoms with van der Waals surface area (Å²) >= 11 is 0. The van der Waals surface area contributed by atoms with Crippen molar-refractivity contribution in [1.29, 1.82) is 0 Å². The first-order valence-electron chi connectivity index (χ1n) is 7.15. The highest BCUT2D eigenvalue weighted by atomic mass is 19.1. The highest BCUT2D eigenvalue weighted by molar-refractivity contribution is 5.65. The quantitative estimate of drug-likeness (QED) is 0.848. The molecule has 2 N–H and O–H groups in total. The number of nitrogens with zero attached hydrogens (tertiary/aromatic N) is 2. The fourth-order valence-electron chi connectivity index (χ4n) is 2.27. The number of rotatable bonds is 4. The van der Waals surface area contributed by atoms with E-state index in [9.17, 15) is 13.6 Å². The molecule has 5 nitrogen and oxygen atoms in total. The number of hydrogen-bond donors (Lipinski definition) is 2. The topological polar surface area (TPSA) is 67.2 Å². The van der Waals surface area contributed by atoms with Crippen molar-refractivity contribution >= 4 is 6.09 Å². The molecule has 0 radical (unpaired) electrons. The summed E-state index contributed by atoms with van der Waals surface area (Å²) in [6, 6.07) is 2.56. The average molecular weight is 323 g/mol. The van der Waals surface area contributed by atoms with Crippen LogP contribution in [-0.2, 0) is 6.42 Å². The predicted molar refractivity (Wildman–Crippen MR) is 81.6 cm³/mol. The third-order valence-corrected chi connectivity index (χ3v) is 3.64. The van der Waals surface area contributed by atoms with Crippen LogP contribution < -0.4 is 5.32 Å². The van der Waals surface area contributed by atoms with Crippen LogP contribution in [0.4, 0.5) is 13.6 Å². The Morgan fingerprint density at radius 2 is 2.09 bits per heavy atom. The Kier molecular flexibility index (Phi) is 4.68. The maximum atomic E-state index is 14.2. The number of carboxylic acid groups (broad SMARTS) is 1. The molecule has 0 bridgehead atoms. The van der Waals surface area contributed by atoms with Crippen molar-refractivity contribution < 1.29 is 18.7 Å². The van der Waals surface area contributed by atoms with Gasteiger partial charge in [-0.05, 0) is 24.0 Å². The Balaban J connectivity index is 2.30. The molecule has 0 aliphatic carbocycles. The first-order valence-corrected chi connectivity index (χ1v) is 7.15. The first kappa shape index (κ1) is 16.9. The van der Waals surface area contributed by atoms with Crippen molar-refractivity contribution in [2.75, 3.05) is 0 Å². The van der Waals surface area contributed by atoms with Crippen LogP contribution in [0, 0.1) is 17.2 Å². The standard InChI is InChI=1S/C16H19F2N3O2/c1-16(2,3)13(20-15(22)23)7-10-8-21(9-11(10)17)12-5-4-6-19-14(12)18/h4-6,8-9,13,20H,7H2,1-3H3,(H,22,23). The summed E-state index contributed by atoms with van der Waals surface area (Å²) in [5.41, 5.74) is 0.0463. The van der Waals surface area contributed by atoms with Crippen molar-refractivity contribution in [3.05, 3.63) is 48.1 Å². The first-order chi connectivity index (χ1) is 10.7. The van der Waals surface area contributed by atoms with E-state index in [1.54, 1.807) is 6.07 Å². The maximum absolute atomic E-state index is 14.2. The summed E-state index contributed by atoms with van der Waals surface area (Å²) in [6.45, 7) is 5.59. The van der Waals surface area contributed by atoms with Gasteiger partial charge in [0.15, 0.2) is 0 Å². The fraction of sp³-hybridized carbons (Fsp3) is 0.375. The minimum Gasteiger partial charge on any atom is -0.465 e. The second kappa shape index (κ2) is 6.36. The van der Waals surface area contributed by atoms with Crippen molar-refractivity contribution in [3.63, 3.8) is 0 Å². The van der Waals surface area contributed by atoms with Crippen LogP contribution >= 0.6 is 0 Å². The molecule has 0 spiro atoms. The van der Waals surface area contributed by atoms with Gasteiger partial charge in [-0.1, -0.05) is 20.8 Å². The molecule has 23 heavy (non-hydrogen) atoms. The highest BCUT2D eigenvalue weighted by Crippen LogP contribution is 2.25. The molecule has 2 rings (SSSR count). The predicted octanol–water partition coefficient (Wildman–Crippen LogP) is 3.38. The SMILES string of the molecule is CC(C)(C)C(Cc1cn(-c2cccnc2F)cc1F)NC(=O)O. The smallest absolute Gasteiger partial charge is 0.404 e. The Morgan fingerprint density at radius 1 is 1.39 bits per heavy atom. The van der Waals surface area contributed by atoms with Crippen LogP contribution in [-0.4, -0.2) is 26.8 Å². The number of pyridine rings is 1. The minimum atomic E-state index is -1.16. The van der Waals surface area contributed by atoms with Crippen LogP contribution in [0.1, 0.15) is 26.3 Å². The number of hydrogen-bond acceptors (Lipinski definition) is 2. The van der Waals surface area contributed by atoms with E-state index in [0.29, 0.717) is 5.56 Å². The molecule has 2 aromatic rings. The van der Waals surface area contributed by atoms with Crippen LogP contribution in [0.15, 0.2) is 30.7 Å².